The van der Waals surface area contributed by atoms with Gasteiger partial charge in [0.25, 0.3) is 5.91 Å². The minimum Gasteiger partial charge on any atom is -0.392 e. The number of benzene rings is 5. The van der Waals surface area contributed by atoms with E-state index < -0.39 is 6.29 Å². The topological polar surface area (TPSA) is 71.0 Å². The molecule has 1 heterocycles. The fraction of sp³-hybridized carbons (Fsp3) is 0.225. The highest BCUT2D eigenvalue weighted by atomic mass is 16.7. The number of carbonyl (C=O) groups excluding carboxylic acids is 1. The van der Waals surface area contributed by atoms with Gasteiger partial charge in [-0.1, -0.05) is 122 Å². The lowest BCUT2D eigenvalue weighted by Crippen LogP contribution is -2.44. The average molecular weight is 613 g/mol. The first-order valence-electron chi connectivity index (χ1n) is 15.8. The predicted molar refractivity (Wildman–Crippen MR) is 181 cm³/mol. The molecule has 1 aliphatic rings. The Kier molecular flexibility index (Phi) is 10.3. The highest BCUT2D eigenvalue weighted by molar-refractivity contribution is 6.04. The molecular weight excluding hydrogens is 572 g/mol. The van der Waals surface area contributed by atoms with E-state index in [1.165, 1.54) is 11.1 Å². The lowest BCUT2D eigenvalue weighted by Gasteiger charge is -2.43. The van der Waals surface area contributed by atoms with Gasteiger partial charge in [0, 0.05) is 42.4 Å². The number of hydrogen-bond donors (Lipinski definition) is 2. The van der Waals surface area contributed by atoms with E-state index >= 15 is 0 Å². The fourth-order valence-electron chi connectivity index (χ4n) is 5.97. The van der Waals surface area contributed by atoms with E-state index in [1.54, 1.807) is 12.1 Å². The first-order valence-corrected chi connectivity index (χ1v) is 15.8. The van der Waals surface area contributed by atoms with Gasteiger partial charge in [-0.15, -0.1) is 0 Å². The molecule has 1 saturated heterocycles. The number of hydrogen-bond acceptors (Lipinski definition) is 5. The molecule has 6 heteroatoms. The van der Waals surface area contributed by atoms with E-state index in [0.29, 0.717) is 17.8 Å². The van der Waals surface area contributed by atoms with Crippen LogP contribution in [0.1, 0.15) is 57.5 Å². The van der Waals surface area contributed by atoms with Crippen LogP contribution in [-0.4, -0.2) is 28.6 Å². The van der Waals surface area contributed by atoms with Crippen molar-refractivity contribution in [2.45, 2.75) is 45.1 Å². The molecule has 0 bridgehead atoms. The molecule has 0 aromatic heterocycles. The number of aliphatic hydroxyl groups excluding tert-OH is 1. The number of nitrogens with zero attached hydrogens (tertiary/aromatic N) is 1. The van der Waals surface area contributed by atoms with Crippen LogP contribution in [-0.2, 0) is 29.2 Å². The van der Waals surface area contributed by atoms with Crippen LogP contribution in [0.3, 0.4) is 0 Å². The van der Waals surface area contributed by atoms with Crippen molar-refractivity contribution in [1.29, 1.82) is 0 Å². The predicted octanol–water partition coefficient (Wildman–Crippen LogP) is 7.93. The van der Waals surface area contributed by atoms with Crippen LogP contribution >= 0.6 is 0 Å². The van der Waals surface area contributed by atoms with Gasteiger partial charge in [0.2, 0.25) is 0 Å². The quantitative estimate of drug-likeness (QED) is 0.159. The number of rotatable bonds is 11. The van der Waals surface area contributed by atoms with Gasteiger partial charge in [-0.2, -0.15) is 0 Å². The van der Waals surface area contributed by atoms with Crippen LogP contribution in [0, 0.1) is 5.92 Å². The molecule has 5 aromatic rings. The summed E-state index contributed by atoms with van der Waals surface area (Å²) in [5.41, 5.74) is 6.59. The lowest BCUT2D eigenvalue weighted by molar-refractivity contribution is -0.276. The minimum atomic E-state index is -0.599. The molecular formula is C40H40N2O4. The number of aliphatic hydroxyl groups is 1. The molecule has 0 spiro atoms. The van der Waals surface area contributed by atoms with Crippen molar-refractivity contribution in [1.82, 2.24) is 4.90 Å². The van der Waals surface area contributed by atoms with Crippen molar-refractivity contribution in [3.8, 4) is 0 Å². The zero-order valence-corrected chi connectivity index (χ0v) is 26.0. The highest BCUT2D eigenvalue weighted by Gasteiger charge is 2.39. The number of carbonyl (C=O) groups is 1. The summed E-state index contributed by atoms with van der Waals surface area (Å²) in [4.78, 5) is 15.2. The monoisotopic (exact) mass is 612 g/mol. The van der Waals surface area contributed by atoms with Gasteiger partial charge in [0.15, 0.2) is 6.29 Å². The third-order valence-corrected chi connectivity index (χ3v) is 8.54. The van der Waals surface area contributed by atoms with E-state index in [4.69, 9.17) is 9.47 Å². The lowest BCUT2D eigenvalue weighted by atomic mass is 9.89. The number of ether oxygens (including phenoxy) is 2. The van der Waals surface area contributed by atoms with E-state index in [9.17, 15) is 9.90 Å². The second kappa shape index (κ2) is 15.1. The summed E-state index contributed by atoms with van der Waals surface area (Å²) >= 11 is 0. The molecule has 5 aromatic carbocycles. The fourth-order valence-corrected chi connectivity index (χ4v) is 5.97. The highest BCUT2D eigenvalue weighted by Crippen LogP contribution is 2.42. The molecule has 0 radical (unpaired) electrons. The van der Waals surface area contributed by atoms with Crippen LogP contribution in [0.5, 0.6) is 0 Å². The van der Waals surface area contributed by atoms with Crippen molar-refractivity contribution < 1.29 is 19.4 Å². The second-order valence-electron chi connectivity index (χ2n) is 11.9. The average Bonchev–Trinajstić information content (AvgIpc) is 3.11. The summed E-state index contributed by atoms with van der Waals surface area (Å²) in [5.74, 6) is -0.106. The molecule has 0 unspecified atom stereocenters. The Balaban J connectivity index is 1.25. The summed E-state index contributed by atoms with van der Waals surface area (Å²) in [7, 11) is 0. The van der Waals surface area contributed by atoms with Crippen LogP contribution in [0.2, 0.25) is 0 Å². The maximum absolute atomic E-state index is 12.7. The van der Waals surface area contributed by atoms with E-state index in [1.807, 2.05) is 78.9 Å². The molecule has 46 heavy (non-hydrogen) atoms. The molecule has 6 rings (SSSR count). The van der Waals surface area contributed by atoms with Gasteiger partial charge in [-0.3, -0.25) is 9.69 Å². The van der Waals surface area contributed by atoms with Crippen LogP contribution < -0.4 is 5.32 Å². The van der Waals surface area contributed by atoms with Crippen molar-refractivity contribution in [2.75, 3.05) is 11.9 Å². The maximum atomic E-state index is 12.7. The van der Waals surface area contributed by atoms with Crippen molar-refractivity contribution >= 4 is 11.6 Å². The molecule has 1 amide bonds. The molecule has 0 aliphatic carbocycles. The van der Waals surface area contributed by atoms with Crippen molar-refractivity contribution in [3.05, 3.63) is 173 Å². The third kappa shape index (κ3) is 7.97. The van der Waals surface area contributed by atoms with Gasteiger partial charge in [0.05, 0.1) is 18.8 Å². The number of anilines is 1. The standard InChI is InChI=1S/C40H40N2O4/c1-29-37(27-42(25-30-11-5-2-6-12-30)26-31-13-7-3-8-14-31)45-40(46-38(29)33-19-17-32(28-43)18-20-33)35-21-23-36(24-22-35)41-39(44)34-15-9-4-10-16-34/h2-24,29,37-38,40,43H,25-28H2,1H3,(H,41,44)/t29-,37+,38+,40+/m1/s1. The summed E-state index contributed by atoms with van der Waals surface area (Å²) in [6.07, 6.45) is -0.951. The van der Waals surface area contributed by atoms with Crippen molar-refractivity contribution in [2.24, 2.45) is 5.92 Å². The molecule has 2 N–H and O–H groups in total. The van der Waals surface area contributed by atoms with Crippen LogP contribution in [0.4, 0.5) is 5.69 Å². The summed E-state index contributed by atoms with van der Waals surface area (Å²) in [5, 5.41) is 12.6. The largest absolute Gasteiger partial charge is 0.392 e. The Morgan fingerprint density at radius 1 is 0.674 bits per heavy atom. The smallest absolute Gasteiger partial charge is 0.255 e. The molecule has 0 saturated carbocycles. The Labute approximate surface area is 271 Å². The first kappa shape index (κ1) is 31.4. The SMILES string of the molecule is C[C@@H]1[C@H](CN(Cc2ccccc2)Cc2ccccc2)O[C@H](c2ccc(NC(=O)c3ccccc3)cc2)O[C@@H]1c1ccc(CO)cc1. The minimum absolute atomic E-state index is 0.00316. The third-order valence-electron chi connectivity index (χ3n) is 8.54. The molecule has 1 fully saturated rings. The molecule has 1 aliphatic heterocycles. The normalized spacial score (nSPS) is 19.5. The number of nitrogens with one attached hydrogen (secondary N) is 1. The van der Waals surface area contributed by atoms with Gasteiger partial charge in [0.1, 0.15) is 0 Å². The second-order valence-corrected chi connectivity index (χ2v) is 11.9. The van der Waals surface area contributed by atoms with E-state index in [-0.39, 0.29) is 30.6 Å². The zero-order valence-electron chi connectivity index (χ0n) is 26.0. The van der Waals surface area contributed by atoms with E-state index in [0.717, 1.165) is 29.8 Å². The van der Waals surface area contributed by atoms with Crippen LogP contribution in [0.25, 0.3) is 0 Å². The first-order chi connectivity index (χ1) is 22.6. The Hall–Kier alpha value is -4.59. The summed E-state index contributed by atoms with van der Waals surface area (Å²) in [6, 6.07) is 45.9. The zero-order chi connectivity index (χ0) is 31.7. The maximum Gasteiger partial charge on any atom is 0.255 e. The Morgan fingerprint density at radius 3 is 1.78 bits per heavy atom. The van der Waals surface area contributed by atoms with Gasteiger partial charge in [-0.25, -0.2) is 0 Å². The van der Waals surface area contributed by atoms with Crippen LogP contribution in [0.15, 0.2) is 140 Å². The van der Waals surface area contributed by atoms with Gasteiger partial charge in [-0.05, 0) is 46.5 Å². The Morgan fingerprint density at radius 2 is 1.22 bits per heavy atom. The Bertz CT molecular complexity index is 1620. The van der Waals surface area contributed by atoms with Gasteiger partial charge >= 0.3 is 0 Å². The van der Waals surface area contributed by atoms with Gasteiger partial charge < -0.3 is 19.9 Å². The summed E-state index contributed by atoms with van der Waals surface area (Å²) in [6.45, 7) is 4.48. The molecule has 234 valence electrons. The molecule has 6 nitrogen and oxygen atoms in total. The number of amides is 1. The summed E-state index contributed by atoms with van der Waals surface area (Å²) < 4.78 is 13.5. The van der Waals surface area contributed by atoms with E-state index in [2.05, 4.69) is 65.7 Å². The molecule has 4 atom stereocenters. The van der Waals surface area contributed by atoms with Crippen molar-refractivity contribution in [3.63, 3.8) is 0 Å².